The molecule has 0 spiro atoms. The van der Waals surface area contributed by atoms with Crippen molar-refractivity contribution >= 4 is 40.0 Å². The molecule has 0 atom stereocenters. The number of fused-ring (bicyclic) bond motifs is 1. The van der Waals surface area contributed by atoms with Crippen LogP contribution in [0.25, 0.3) is 16.6 Å². The van der Waals surface area contributed by atoms with Crippen LogP contribution in [0.1, 0.15) is 32.9 Å². The number of nitrogens with zero attached hydrogens (tertiary/aromatic N) is 2. The fourth-order valence-electron chi connectivity index (χ4n) is 4.40. The normalized spacial score (nSPS) is 11.8. The third-order valence-corrected chi connectivity index (χ3v) is 6.65. The summed E-state index contributed by atoms with van der Waals surface area (Å²) in [5, 5.41) is 4.60. The third-order valence-electron chi connectivity index (χ3n) is 6.16. The second-order valence-corrected chi connectivity index (χ2v) is 9.43. The summed E-state index contributed by atoms with van der Waals surface area (Å²) in [6, 6.07) is 17.6. The molecule has 37 heavy (non-hydrogen) atoms. The van der Waals surface area contributed by atoms with E-state index in [1.807, 2.05) is 0 Å². The Morgan fingerprint density at radius 1 is 0.946 bits per heavy atom. The molecule has 0 saturated carbocycles. The lowest BCUT2D eigenvalue weighted by atomic mass is 10.1. The van der Waals surface area contributed by atoms with Gasteiger partial charge in [0.1, 0.15) is 0 Å². The van der Waals surface area contributed by atoms with Gasteiger partial charge >= 0.3 is 6.18 Å². The molecule has 0 aliphatic heterocycles. The highest BCUT2D eigenvalue weighted by Gasteiger charge is 2.30. The molecule has 2 aromatic heterocycles. The number of benzene rings is 3. The number of H-pyrrole nitrogens is 1. The summed E-state index contributed by atoms with van der Waals surface area (Å²) >= 11 is 12.2. The molecule has 1 N–H and O–H groups in total. The number of halogens is 5. The first-order valence-electron chi connectivity index (χ1n) is 11.1. The highest BCUT2D eigenvalue weighted by molar-refractivity contribution is 6.31. The molecule has 3 aromatic carbocycles. The van der Waals surface area contributed by atoms with Crippen molar-refractivity contribution < 1.29 is 18.0 Å². The number of aromatic nitrogens is 3. The van der Waals surface area contributed by atoms with Gasteiger partial charge in [0.25, 0.3) is 11.5 Å². The fourth-order valence-corrected chi connectivity index (χ4v) is 4.70. The molecule has 0 aliphatic rings. The van der Waals surface area contributed by atoms with E-state index in [1.165, 1.54) is 18.2 Å². The summed E-state index contributed by atoms with van der Waals surface area (Å²) in [5.74, 6) is -0.261. The van der Waals surface area contributed by atoms with Crippen molar-refractivity contribution in [2.75, 3.05) is 0 Å². The highest BCUT2D eigenvalue weighted by atomic mass is 35.5. The largest absolute Gasteiger partial charge is 0.416 e. The van der Waals surface area contributed by atoms with Crippen molar-refractivity contribution in [3.8, 4) is 5.69 Å². The van der Waals surface area contributed by atoms with Crippen molar-refractivity contribution in [1.82, 2.24) is 14.3 Å². The number of hydrogen-bond acceptors (Lipinski definition) is 2. The van der Waals surface area contributed by atoms with Gasteiger partial charge < -0.3 is 0 Å². The molecule has 0 amide bonds. The van der Waals surface area contributed by atoms with E-state index in [2.05, 4.69) is 5.10 Å². The highest BCUT2D eigenvalue weighted by Crippen LogP contribution is 2.32. The van der Waals surface area contributed by atoms with Gasteiger partial charge in [-0.1, -0.05) is 29.3 Å². The standard InChI is InChI=1S/C27H18Cl2F3N3O2/c1-15-22(13-20-14-25(36)35(33-20)21-4-2-3-17(11-21)27(30,31)32)23-12-19(29)9-10-24(23)34(15)26(37)16-5-7-18(28)8-6-16/h2-12,14,33H,13H2,1H3. The Labute approximate surface area is 218 Å². The van der Waals surface area contributed by atoms with Crippen LogP contribution in [-0.4, -0.2) is 20.3 Å². The van der Waals surface area contributed by atoms with Crippen LogP contribution in [0.15, 0.2) is 77.6 Å². The fraction of sp³-hybridized carbons (Fsp3) is 0.111. The van der Waals surface area contributed by atoms with Crippen molar-refractivity contribution in [2.24, 2.45) is 0 Å². The van der Waals surface area contributed by atoms with Crippen molar-refractivity contribution in [3.63, 3.8) is 0 Å². The first-order valence-corrected chi connectivity index (χ1v) is 11.9. The van der Waals surface area contributed by atoms with Gasteiger partial charge in [-0.05, 0) is 73.2 Å². The van der Waals surface area contributed by atoms with Crippen molar-refractivity contribution in [1.29, 1.82) is 0 Å². The van der Waals surface area contributed by atoms with Crippen LogP contribution >= 0.6 is 23.2 Å². The Kier molecular flexibility index (Phi) is 6.25. The SMILES string of the molecule is Cc1c(Cc2cc(=O)n(-c3cccc(C(F)(F)F)c3)[nH]2)c2cc(Cl)ccc2n1C(=O)c1ccc(Cl)cc1. The number of alkyl halides is 3. The Balaban J connectivity index is 1.58. The zero-order chi connectivity index (χ0) is 26.5. The molecule has 0 unspecified atom stereocenters. The second kappa shape index (κ2) is 9.28. The average molecular weight is 544 g/mol. The average Bonchev–Trinajstić information content (AvgIpc) is 3.35. The number of rotatable bonds is 4. The molecule has 5 rings (SSSR count). The van der Waals surface area contributed by atoms with E-state index in [-0.39, 0.29) is 18.0 Å². The van der Waals surface area contributed by atoms with Crippen LogP contribution in [0.5, 0.6) is 0 Å². The van der Waals surface area contributed by atoms with Gasteiger partial charge in [0.15, 0.2) is 0 Å². The predicted octanol–water partition coefficient (Wildman–Crippen LogP) is 7.03. The van der Waals surface area contributed by atoms with Gasteiger partial charge in [-0.15, -0.1) is 0 Å². The summed E-state index contributed by atoms with van der Waals surface area (Å²) in [7, 11) is 0. The minimum absolute atomic E-state index is 0.0613. The molecule has 5 nitrogen and oxygen atoms in total. The summed E-state index contributed by atoms with van der Waals surface area (Å²) < 4.78 is 42.1. The van der Waals surface area contributed by atoms with Crippen LogP contribution in [0.3, 0.4) is 0 Å². The lowest BCUT2D eigenvalue weighted by molar-refractivity contribution is -0.137. The molecule has 188 valence electrons. The second-order valence-electron chi connectivity index (χ2n) is 8.55. The van der Waals surface area contributed by atoms with Gasteiger partial charge in [0, 0.05) is 44.9 Å². The first kappa shape index (κ1) is 24.9. The molecular weight excluding hydrogens is 526 g/mol. The van der Waals surface area contributed by atoms with E-state index < -0.39 is 17.3 Å². The number of carbonyl (C=O) groups is 1. The van der Waals surface area contributed by atoms with Crippen molar-refractivity contribution in [3.05, 3.63) is 121 Å². The van der Waals surface area contributed by atoms with Gasteiger partial charge in [-0.2, -0.15) is 13.2 Å². The Bertz CT molecular complexity index is 1710. The number of hydrogen-bond donors (Lipinski definition) is 1. The van der Waals surface area contributed by atoms with E-state index in [1.54, 1.807) is 54.0 Å². The molecule has 10 heteroatoms. The molecule has 0 radical (unpaired) electrons. The minimum atomic E-state index is -4.54. The smallest absolute Gasteiger partial charge is 0.295 e. The van der Waals surface area contributed by atoms with Crippen LogP contribution in [-0.2, 0) is 12.6 Å². The Morgan fingerprint density at radius 3 is 2.35 bits per heavy atom. The first-order chi connectivity index (χ1) is 17.5. The predicted molar refractivity (Wildman–Crippen MR) is 137 cm³/mol. The van der Waals surface area contributed by atoms with Gasteiger partial charge in [0.2, 0.25) is 0 Å². The van der Waals surface area contributed by atoms with E-state index in [4.69, 9.17) is 23.2 Å². The van der Waals surface area contributed by atoms with E-state index in [0.717, 1.165) is 27.8 Å². The van der Waals surface area contributed by atoms with Crippen molar-refractivity contribution in [2.45, 2.75) is 19.5 Å². The van der Waals surface area contributed by atoms with Gasteiger partial charge in [-0.3, -0.25) is 19.3 Å². The maximum atomic E-state index is 13.4. The van der Waals surface area contributed by atoms with E-state index in [0.29, 0.717) is 32.5 Å². The zero-order valence-electron chi connectivity index (χ0n) is 19.2. The third kappa shape index (κ3) is 4.70. The lowest BCUT2D eigenvalue weighted by Gasteiger charge is -2.09. The van der Waals surface area contributed by atoms with E-state index >= 15 is 0 Å². The van der Waals surface area contributed by atoms with Gasteiger partial charge in [0.05, 0.1) is 16.8 Å². The zero-order valence-corrected chi connectivity index (χ0v) is 20.7. The van der Waals surface area contributed by atoms with E-state index in [9.17, 15) is 22.8 Å². The number of carbonyl (C=O) groups excluding carboxylic acids is 1. The molecule has 2 heterocycles. The molecule has 0 fully saturated rings. The summed E-state index contributed by atoms with van der Waals surface area (Å²) in [6.45, 7) is 1.79. The lowest BCUT2D eigenvalue weighted by Crippen LogP contribution is -2.14. The Hall–Kier alpha value is -3.75. The van der Waals surface area contributed by atoms with Crippen LogP contribution < -0.4 is 5.56 Å². The van der Waals surface area contributed by atoms with Crippen LogP contribution in [0, 0.1) is 6.92 Å². The monoisotopic (exact) mass is 543 g/mol. The number of aromatic amines is 1. The maximum Gasteiger partial charge on any atom is 0.416 e. The molecule has 5 aromatic rings. The molecule has 0 aliphatic carbocycles. The summed E-state index contributed by atoms with van der Waals surface area (Å²) in [4.78, 5) is 26.1. The van der Waals surface area contributed by atoms with Crippen LogP contribution in [0.2, 0.25) is 10.0 Å². The van der Waals surface area contributed by atoms with Crippen LogP contribution in [0.4, 0.5) is 13.2 Å². The van der Waals surface area contributed by atoms with Gasteiger partial charge in [-0.25, -0.2) is 4.68 Å². The topological polar surface area (TPSA) is 59.8 Å². The quantitative estimate of drug-likeness (QED) is 0.264. The molecule has 0 bridgehead atoms. The molecular formula is C27H18Cl2F3N3O2. The molecule has 0 saturated heterocycles. The summed E-state index contributed by atoms with van der Waals surface area (Å²) in [6.07, 6.45) is -4.32. The Morgan fingerprint density at radius 2 is 1.65 bits per heavy atom. The summed E-state index contributed by atoms with van der Waals surface area (Å²) in [5.41, 5.74) is 1.62. The minimum Gasteiger partial charge on any atom is -0.295 e. The number of nitrogens with one attached hydrogen (secondary N) is 1. The maximum absolute atomic E-state index is 13.4.